The van der Waals surface area contributed by atoms with E-state index in [2.05, 4.69) is 0 Å². The van der Waals surface area contributed by atoms with Crippen LogP contribution in [-0.2, 0) is 4.79 Å². The van der Waals surface area contributed by atoms with Crippen LogP contribution in [0.1, 0.15) is 12.5 Å². The lowest BCUT2D eigenvalue weighted by Gasteiger charge is -2.06. The van der Waals surface area contributed by atoms with Gasteiger partial charge in [-0.05, 0) is 28.8 Å². The van der Waals surface area contributed by atoms with E-state index in [0.29, 0.717) is 5.57 Å². The highest BCUT2D eigenvalue weighted by atomic mass is 16.1. The summed E-state index contributed by atoms with van der Waals surface area (Å²) in [6.45, 7) is 0. The van der Waals surface area contributed by atoms with Crippen LogP contribution in [0.3, 0.4) is 0 Å². The molecule has 0 spiro atoms. The highest BCUT2D eigenvalue weighted by Gasteiger charge is 2.23. The number of hydrogen-bond donors (Lipinski definition) is 0. The van der Waals surface area contributed by atoms with Crippen LogP contribution in [0.25, 0.3) is 11.6 Å². The molecular weight excluding hydrogens is 172 g/mol. The minimum atomic E-state index is -0.177. The van der Waals surface area contributed by atoms with Gasteiger partial charge in [-0.1, -0.05) is 36.4 Å². The van der Waals surface area contributed by atoms with Gasteiger partial charge in [0.15, 0.2) is 5.78 Å². The van der Waals surface area contributed by atoms with Crippen molar-refractivity contribution in [3.05, 3.63) is 59.2 Å². The second kappa shape index (κ2) is 2.55. The van der Waals surface area contributed by atoms with Crippen molar-refractivity contribution < 1.29 is 6.17 Å². The van der Waals surface area contributed by atoms with Crippen molar-refractivity contribution in [2.24, 2.45) is 0 Å². The number of allylic oxidation sites excluding steroid dienone is 5. The molecule has 0 saturated heterocycles. The average molecular weight is 181 g/mol. The zero-order valence-electron chi connectivity index (χ0n) is 8.45. The predicted molar refractivity (Wildman–Crippen MR) is 56.5 cm³/mol. The quantitative estimate of drug-likeness (QED) is 0.601. The van der Waals surface area contributed by atoms with Crippen LogP contribution in [0, 0.1) is 0 Å². The Bertz CT molecular complexity index is 562. The number of rotatable bonds is 0. The molecule has 0 saturated carbocycles. The molecular formula is C13H8O. The summed E-state index contributed by atoms with van der Waals surface area (Å²) in [5, 5.41) is 0. The van der Waals surface area contributed by atoms with Crippen LogP contribution in [-0.4, -0.2) is 5.78 Å². The first-order valence-corrected chi connectivity index (χ1v) is 4.52. The zero-order valence-corrected chi connectivity index (χ0v) is 7.45. The van der Waals surface area contributed by atoms with E-state index in [1.54, 1.807) is 6.08 Å². The fraction of sp³-hybridized carbons (Fsp3) is 0. The molecule has 0 amide bonds. The first-order valence-electron chi connectivity index (χ1n) is 5.02. The molecule has 0 aromatic heterocycles. The minimum Gasteiger partial charge on any atom is -0.289 e. The lowest BCUT2D eigenvalue weighted by Crippen LogP contribution is -2.00. The van der Waals surface area contributed by atoms with E-state index < -0.39 is 0 Å². The SMILES string of the molecule is [2H]C1=CC=C2C(=Cc3ccccc32)C1=O. The minimum absolute atomic E-state index is 0.0674. The van der Waals surface area contributed by atoms with Crippen molar-refractivity contribution in [2.45, 2.75) is 0 Å². The Hall–Kier alpha value is -1.89. The topological polar surface area (TPSA) is 17.1 Å². The summed E-state index contributed by atoms with van der Waals surface area (Å²) in [6.07, 6.45) is 5.28. The summed E-state index contributed by atoms with van der Waals surface area (Å²) in [5.74, 6) is -0.177. The lowest BCUT2D eigenvalue weighted by atomic mass is 9.96. The molecule has 2 aliphatic carbocycles. The smallest absolute Gasteiger partial charge is 0.186 e. The summed E-state index contributed by atoms with van der Waals surface area (Å²) in [6, 6.07) is 7.96. The average Bonchev–Trinajstić information content (AvgIpc) is 2.63. The molecule has 1 aromatic rings. The maximum Gasteiger partial charge on any atom is 0.186 e. The molecule has 66 valence electrons. The number of carbonyl (C=O) groups excluding carboxylic acids is 1. The highest BCUT2D eigenvalue weighted by Crippen LogP contribution is 2.37. The van der Waals surface area contributed by atoms with Gasteiger partial charge in [0.1, 0.15) is 0 Å². The molecule has 1 nitrogen and oxygen atoms in total. The molecule has 0 radical (unpaired) electrons. The Kier molecular flexibility index (Phi) is 1.19. The van der Waals surface area contributed by atoms with E-state index in [-0.39, 0.29) is 11.8 Å². The Balaban J connectivity index is 2.26. The third kappa shape index (κ3) is 0.867. The number of ketones is 1. The predicted octanol–water partition coefficient (Wildman–Crippen LogP) is 2.61. The van der Waals surface area contributed by atoms with Crippen LogP contribution >= 0.6 is 0 Å². The van der Waals surface area contributed by atoms with Gasteiger partial charge in [-0.15, -0.1) is 0 Å². The standard InChI is InChI=1S/C13H8O/c14-13-7-3-6-11-10-5-2-1-4-9(10)8-12(11)13/h1-8H/i7D. The van der Waals surface area contributed by atoms with Gasteiger partial charge in [0.2, 0.25) is 0 Å². The highest BCUT2D eigenvalue weighted by molar-refractivity contribution is 6.23. The molecule has 0 unspecified atom stereocenters. The van der Waals surface area contributed by atoms with E-state index in [0.717, 1.165) is 16.7 Å². The molecule has 1 aromatic carbocycles. The Morgan fingerprint density at radius 2 is 2.00 bits per heavy atom. The normalized spacial score (nSPS) is 19.0. The molecule has 14 heavy (non-hydrogen) atoms. The third-order valence-electron chi connectivity index (χ3n) is 2.55. The van der Waals surface area contributed by atoms with Gasteiger partial charge in [-0.3, -0.25) is 4.79 Å². The van der Waals surface area contributed by atoms with Gasteiger partial charge in [0.25, 0.3) is 0 Å². The fourth-order valence-electron chi connectivity index (χ4n) is 1.89. The van der Waals surface area contributed by atoms with Gasteiger partial charge in [-0.2, -0.15) is 0 Å². The van der Waals surface area contributed by atoms with Crippen LogP contribution in [0.15, 0.2) is 48.0 Å². The molecule has 0 atom stereocenters. The number of hydrogen-bond acceptors (Lipinski definition) is 1. The monoisotopic (exact) mass is 181 g/mol. The van der Waals surface area contributed by atoms with E-state index in [1.807, 2.05) is 36.4 Å². The lowest BCUT2D eigenvalue weighted by molar-refractivity contribution is -0.110. The fourth-order valence-corrected chi connectivity index (χ4v) is 1.89. The van der Waals surface area contributed by atoms with Crippen molar-refractivity contribution in [3.63, 3.8) is 0 Å². The first kappa shape index (κ1) is 6.55. The van der Waals surface area contributed by atoms with Crippen LogP contribution in [0.4, 0.5) is 0 Å². The van der Waals surface area contributed by atoms with E-state index in [1.165, 1.54) is 0 Å². The molecule has 0 heterocycles. The molecule has 1 heteroatoms. The maximum absolute atomic E-state index is 11.7. The Labute approximate surface area is 83.5 Å². The molecule has 3 rings (SSSR count). The van der Waals surface area contributed by atoms with Crippen molar-refractivity contribution in [1.29, 1.82) is 0 Å². The second-order valence-electron chi connectivity index (χ2n) is 3.37. The van der Waals surface area contributed by atoms with Gasteiger partial charge in [-0.25, -0.2) is 0 Å². The van der Waals surface area contributed by atoms with Gasteiger partial charge < -0.3 is 0 Å². The number of carbonyl (C=O) groups is 1. The van der Waals surface area contributed by atoms with Crippen molar-refractivity contribution >= 4 is 17.4 Å². The van der Waals surface area contributed by atoms with Crippen molar-refractivity contribution in [3.8, 4) is 0 Å². The summed E-state index contributed by atoms with van der Waals surface area (Å²) in [5.41, 5.74) is 3.76. The van der Waals surface area contributed by atoms with Gasteiger partial charge in [0, 0.05) is 5.57 Å². The first-order chi connectivity index (χ1) is 7.27. The maximum atomic E-state index is 11.7. The van der Waals surface area contributed by atoms with Crippen LogP contribution < -0.4 is 0 Å². The summed E-state index contributed by atoms with van der Waals surface area (Å²) in [7, 11) is 0. The number of benzene rings is 1. The van der Waals surface area contributed by atoms with Gasteiger partial charge in [0.05, 0.1) is 1.37 Å². The summed E-state index contributed by atoms with van der Waals surface area (Å²) < 4.78 is 7.46. The molecule has 0 N–H and O–H groups in total. The molecule has 2 aliphatic rings. The van der Waals surface area contributed by atoms with Gasteiger partial charge >= 0.3 is 0 Å². The summed E-state index contributed by atoms with van der Waals surface area (Å²) in [4.78, 5) is 11.7. The van der Waals surface area contributed by atoms with Crippen molar-refractivity contribution in [1.82, 2.24) is 0 Å². The third-order valence-corrected chi connectivity index (χ3v) is 2.55. The molecule has 0 bridgehead atoms. The van der Waals surface area contributed by atoms with Crippen LogP contribution in [0.2, 0.25) is 0 Å². The second-order valence-corrected chi connectivity index (χ2v) is 3.37. The number of fused-ring (bicyclic) bond motifs is 3. The zero-order chi connectivity index (χ0) is 10.4. The van der Waals surface area contributed by atoms with E-state index in [9.17, 15) is 4.79 Å². The largest absolute Gasteiger partial charge is 0.289 e. The van der Waals surface area contributed by atoms with E-state index in [4.69, 9.17) is 1.37 Å². The van der Waals surface area contributed by atoms with E-state index >= 15 is 0 Å². The Morgan fingerprint density at radius 1 is 1.14 bits per heavy atom. The van der Waals surface area contributed by atoms with Crippen molar-refractivity contribution in [2.75, 3.05) is 0 Å². The molecule has 0 aliphatic heterocycles. The molecule has 0 fully saturated rings. The van der Waals surface area contributed by atoms with Crippen LogP contribution in [0.5, 0.6) is 0 Å². The summed E-state index contributed by atoms with van der Waals surface area (Å²) >= 11 is 0. The Morgan fingerprint density at radius 3 is 2.93 bits per heavy atom.